The van der Waals surface area contributed by atoms with Gasteiger partial charge in [-0.3, -0.25) is 19.0 Å². The molecule has 1 fully saturated rings. The van der Waals surface area contributed by atoms with Gasteiger partial charge in [-0.1, -0.05) is 43.0 Å². The van der Waals surface area contributed by atoms with Crippen LogP contribution in [0.3, 0.4) is 0 Å². The molecule has 2 N–H and O–H groups in total. The highest BCUT2D eigenvalue weighted by Gasteiger charge is 2.19. The molecule has 34 heavy (non-hydrogen) atoms. The number of hydrogen-bond acceptors (Lipinski definition) is 5. The van der Waals surface area contributed by atoms with Crippen molar-refractivity contribution in [1.29, 1.82) is 0 Å². The van der Waals surface area contributed by atoms with E-state index in [-0.39, 0.29) is 24.1 Å². The molecule has 8 nitrogen and oxygen atoms in total. The van der Waals surface area contributed by atoms with Crippen LogP contribution in [0, 0.1) is 0 Å². The zero-order valence-electron chi connectivity index (χ0n) is 18.3. The normalized spacial score (nSPS) is 14.4. The summed E-state index contributed by atoms with van der Waals surface area (Å²) in [6.45, 7) is -0.259. The molecule has 5 rings (SSSR count). The van der Waals surface area contributed by atoms with Gasteiger partial charge in [-0.15, -0.1) is 0 Å². The Morgan fingerprint density at radius 1 is 1.12 bits per heavy atom. The van der Waals surface area contributed by atoms with Crippen LogP contribution >= 0.6 is 11.6 Å². The SMILES string of the molecule is O=C(Cn1cnc2c(oc3ccccc32)c1=O)Nc1ccc(Cl)c(C(=O)NC2CCCCC2)c1. The molecule has 0 aliphatic heterocycles. The van der Waals surface area contributed by atoms with E-state index in [4.69, 9.17) is 16.0 Å². The standard InChI is InChI=1S/C25H23ClN4O4/c26-19-11-10-16(12-18(19)24(32)29-15-6-2-1-3-7-15)28-21(31)13-30-14-27-22-17-8-4-5-9-20(17)34-23(22)25(30)33/h4-5,8-12,14-15H,1-3,6-7,13H2,(H,28,31)(H,29,32). The first kappa shape index (κ1) is 22.2. The number of furan rings is 1. The molecule has 2 aromatic carbocycles. The predicted octanol–water partition coefficient (Wildman–Crippen LogP) is 4.50. The number of carbonyl (C=O) groups excluding carboxylic acids is 2. The Hall–Kier alpha value is -3.65. The van der Waals surface area contributed by atoms with Gasteiger partial charge >= 0.3 is 0 Å². The highest BCUT2D eigenvalue weighted by Crippen LogP contribution is 2.25. The van der Waals surface area contributed by atoms with E-state index in [2.05, 4.69) is 15.6 Å². The Labute approximate surface area is 199 Å². The molecule has 1 aliphatic carbocycles. The molecule has 0 spiro atoms. The predicted molar refractivity (Wildman–Crippen MR) is 130 cm³/mol. The number of carbonyl (C=O) groups is 2. The van der Waals surface area contributed by atoms with E-state index in [0.29, 0.717) is 27.4 Å². The molecular weight excluding hydrogens is 456 g/mol. The summed E-state index contributed by atoms with van der Waals surface area (Å²) in [6.07, 6.45) is 6.63. The van der Waals surface area contributed by atoms with Crippen LogP contribution in [-0.4, -0.2) is 27.4 Å². The van der Waals surface area contributed by atoms with E-state index < -0.39 is 11.5 Å². The van der Waals surface area contributed by atoms with Crippen molar-refractivity contribution in [2.24, 2.45) is 0 Å². The first-order valence-corrected chi connectivity index (χ1v) is 11.6. The van der Waals surface area contributed by atoms with Crippen LogP contribution in [0.2, 0.25) is 5.02 Å². The maximum Gasteiger partial charge on any atom is 0.297 e. The fourth-order valence-corrected chi connectivity index (χ4v) is 4.57. The second-order valence-electron chi connectivity index (χ2n) is 8.50. The summed E-state index contributed by atoms with van der Waals surface area (Å²) in [6, 6.07) is 12.1. The number of hydrogen-bond donors (Lipinski definition) is 2. The third-order valence-corrected chi connectivity index (χ3v) is 6.43. The third kappa shape index (κ3) is 4.41. The molecule has 2 aromatic heterocycles. The van der Waals surface area contributed by atoms with Crippen LogP contribution < -0.4 is 16.2 Å². The maximum atomic E-state index is 12.8. The van der Waals surface area contributed by atoms with Crippen LogP contribution in [0.15, 0.2) is 58.0 Å². The molecule has 0 bridgehead atoms. The van der Waals surface area contributed by atoms with E-state index in [1.807, 2.05) is 18.2 Å². The summed E-state index contributed by atoms with van der Waals surface area (Å²) >= 11 is 6.25. The average molecular weight is 479 g/mol. The van der Waals surface area contributed by atoms with Gasteiger partial charge in [0.2, 0.25) is 11.5 Å². The zero-order chi connectivity index (χ0) is 23.7. The summed E-state index contributed by atoms with van der Waals surface area (Å²) in [4.78, 5) is 42.6. The van der Waals surface area contributed by atoms with Crippen molar-refractivity contribution in [3.8, 4) is 0 Å². The molecule has 174 valence electrons. The van der Waals surface area contributed by atoms with Gasteiger partial charge in [0.25, 0.3) is 11.5 Å². The van der Waals surface area contributed by atoms with Crippen LogP contribution in [0.5, 0.6) is 0 Å². The van der Waals surface area contributed by atoms with Crippen molar-refractivity contribution in [3.05, 3.63) is 69.7 Å². The molecule has 1 saturated carbocycles. The van der Waals surface area contributed by atoms with Crippen molar-refractivity contribution in [2.75, 3.05) is 5.32 Å². The number of fused-ring (bicyclic) bond motifs is 3. The highest BCUT2D eigenvalue weighted by atomic mass is 35.5. The maximum absolute atomic E-state index is 12.8. The molecule has 0 radical (unpaired) electrons. The van der Waals surface area contributed by atoms with Gasteiger partial charge in [-0.05, 0) is 43.2 Å². The number of nitrogens with one attached hydrogen (secondary N) is 2. The van der Waals surface area contributed by atoms with Gasteiger partial charge in [0.15, 0.2) is 0 Å². The van der Waals surface area contributed by atoms with Crippen LogP contribution in [0.25, 0.3) is 22.1 Å². The minimum Gasteiger partial charge on any atom is -0.448 e. The monoisotopic (exact) mass is 478 g/mol. The summed E-state index contributed by atoms with van der Waals surface area (Å²) in [5, 5.41) is 6.80. The minimum absolute atomic E-state index is 0.102. The van der Waals surface area contributed by atoms with Gasteiger partial charge in [0.1, 0.15) is 17.6 Å². The van der Waals surface area contributed by atoms with Crippen LogP contribution in [0.1, 0.15) is 42.5 Å². The van der Waals surface area contributed by atoms with Gasteiger partial charge in [0.05, 0.1) is 16.9 Å². The Morgan fingerprint density at radius 2 is 1.91 bits per heavy atom. The van der Waals surface area contributed by atoms with Crippen molar-refractivity contribution >= 4 is 51.2 Å². The second kappa shape index (κ2) is 9.30. The minimum atomic E-state index is -0.444. The van der Waals surface area contributed by atoms with Gasteiger partial charge in [0, 0.05) is 17.1 Å². The lowest BCUT2D eigenvalue weighted by molar-refractivity contribution is -0.116. The molecule has 9 heteroatoms. The largest absolute Gasteiger partial charge is 0.448 e. The highest BCUT2D eigenvalue weighted by molar-refractivity contribution is 6.34. The van der Waals surface area contributed by atoms with E-state index in [1.165, 1.54) is 17.3 Å². The Kier molecular flexibility index (Phi) is 6.06. The van der Waals surface area contributed by atoms with Gasteiger partial charge < -0.3 is 15.1 Å². The molecule has 2 heterocycles. The fraction of sp³-hybridized carbons (Fsp3) is 0.280. The number of amides is 2. The fourth-order valence-electron chi connectivity index (χ4n) is 4.37. The summed E-state index contributed by atoms with van der Waals surface area (Å²) in [5.41, 5.74) is 1.39. The lowest BCUT2D eigenvalue weighted by atomic mass is 9.95. The smallest absolute Gasteiger partial charge is 0.297 e. The Morgan fingerprint density at radius 3 is 2.74 bits per heavy atom. The van der Waals surface area contributed by atoms with Crippen LogP contribution in [-0.2, 0) is 11.3 Å². The number of anilines is 1. The lowest BCUT2D eigenvalue weighted by Crippen LogP contribution is -2.36. The third-order valence-electron chi connectivity index (χ3n) is 6.10. The molecule has 0 unspecified atom stereocenters. The van der Waals surface area contributed by atoms with Crippen molar-refractivity contribution < 1.29 is 14.0 Å². The first-order valence-electron chi connectivity index (χ1n) is 11.3. The molecule has 0 atom stereocenters. The molecule has 2 amide bonds. The van der Waals surface area contributed by atoms with E-state index in [9.17, 15) is 14.4 Å². The van der Waals surface area contributed by atoms with Crippen molar-refractivity contribution in [3.63, 3.8) is 0 Å². The number of para-hydroxylation sites is 1. The zero-order valence-corrected chi connectivity index (χ0v) is 19.1. The number of benzene rings is 2. The number of rotatable bonds is 5. The van der Waals surface area contributed by atoms with Crippen molar-refractivity contribution in [2.45, 2.75) is 44.7 Å². The van der Waals surface area contributed by atoms with E-state index in [0.717, 1.165) is 31.1 Å². The quantitative estimate of drug-likeness (QED) is 0.439. The lowest BCUT2D eigenvalue weighted by Gasteiger charge is -2.23. The topological polar surface area (TPSA) is 106 Å². The Bertz CT molecular complexity index is 1450. The number of halogens is 1. The molecule has 1 aliphatic rings. The first-order chi connectivity index (χ1) is 16.5. The van der Waals surface area contributed by atoms with E-state index >= 15 is 0 Å². The van der Waals surface area contributed by atoms with Gasteiger partial charge in [-0.2, -0.15) is 0 Å². The number of nitrogens with zero attached hydrogens (tertiary/aromatic N) is 2. The molecular formula is C25H23ClN4O4. The summed E-state index contributed by atoms with van der Waals surface area (Å²) in [5.74, 6) is -0.705. The Balaban J connectivity index is 1.31. The van der Waals surface area contributed by atoms with E-state index in [1.54, 1.807) is 24.3 Å². The number of aromatic nitrogens is 2. The molecule has 0 saturated heterocycles. The van der Waals surface area contributed by atoms with Crippen LogP contribution in [0.4, 0.5) is 5.69 Å². The van der Waals surface area contributed by atoms with Gasteiger partial charge in [-0.25, -0.2) is 4.98 Å². The second-order valence-corrected chi connectivity index (χ2v) is 8.91. The van der Waals surface area contributed by atoms with Crippen molar-refractivity contribution in [1.82, 2.24) is 14.9 Å². The summed E-state index contributed by atoms with van der Waals surface area (Å²) in [7, 11) is 0. The average Bonchev–Trinajstić information content (AvgIpc) is 3.22. The summed E-state index contributed by atoms with van der Waals surface area (Å²) < 4.78 is 6.84. The molecule has 4 aromatic rings.